The second-order valence-electron chi connectivity index (χ2n) is 4.29. The van der Waals surface area contributed by atoms with Gasteiger partial charge in [-0.15, -0.1) is 34.8 Å². The van der Waals surface area contributed by atoms with Crippen LogP contribution in [0.4, 0.5) is 0 Å². The minimum absolute atomic E-state index is 0. The molecule has 3 atom stereocenters. The standard InChI is InChI=1S/C5H9ClO2.C4H6ClNO.C4H7ClO3.H2O/c1-4(7)2-5(8)3-6;5-3-4(7)1-2-6;5-2-3(6)1-4(7)8;/h5,8H,2-3H2,1H3;4,7H,1,3H2;3,6H,1-2H2,(H,7,8);1H2/t5-;4-;3-;/m000./s1. The van der Waals surface area contributed by atoms with Gasteiger partial charge in [-0.2, -0.15) is 5.26 Å². The third-order valence-electron chi connectivity index (χ3n) is 1.79. The van der Waals surface area contributed by atoms with E-state index in [-0.39, 0.29) is 48.2 Å². The average Bonchev–Trinajstić information content (AvgIpc) is 2.47. The monoisotopic (exact) mass is 411 g/mol. The highest BCUT2D eigenvalue weighted by Crippen LogP contribution is 1.94. The van der Waals surface area contributed by atoms with Gasteiger partial charge < -0.3 is 25.9 Å². The van der Waals surface area contributed by atoms with Gasteiger partial charge in [0.25, 0.3) is 0 Å². The normalized spacial score (nSPS) is 12.6. The molecule has 6 N–H and O–H groups in total. The Labute approximate surface area is 155 Å². The first kappa shape index (κ1) is 31.1. The largest absolute Gasteiger partial charge is 0.481 e. The number of nitrogens with zero attached hydrogens (tertiary/aromatic N) is 1. The Kier molecular flexibility index (Phi) is 29.0. The number of carboxylic acids is 1. The molecule has 0 radical (unpaired) electrons. The van der Waals surface area contributed by atoms with Gasteiger partial charge in [0.15, 0.2) is 0 Å². The number of aliphatic carboxylic acids is 1. The second kappa shape index (κ2) is 22.3. The first-order valence-electron chi connectivity index (χ1n) is 6.44. The lowest BCUT2D eigenvalue weighted by Crippen LogP contribution is -2.13. The van der Waals surface area contributed by atoms with Crippen molar-refractivity contribution in [2.45, 2.75) is 44.5 Å². The van der Waals surface area contributed by atoms with E-state index in [1.807, 2.05) is 0 Å². The van der Waals surface area contributed by atoms with Crippen LogP contribution >= 0.6 is 34.8 Å². The first-order chi connectivity index (χ1) is 10.6. The molecule has 0 saturated heterocycles. The van der Waals surface area contributed by atoms with Gasteiger partial charge in [0, 0.05) is 24.1 Å². The molecule has 0 aliphatic carbocycles. The number of nitriles is 1. The van der Waals surface area contributed by atoms with E-state index in [1.54, 1.807) is 6.07 Å². The maximum absolute atomic E-state index is 10.2. The summed E-state index contributed by atoms with van der Waals surface area (Å²) in [4.78, 5) is 19.9. The summed E-state index contributed by atoms with van der Waals surface area (Å²) >= 11 is 15.4. The number of rotatable bonds is 8. The van der Waals surface area contributed by atoms with Crippen LogP contribution in [0.2, 0.25) is 0 Å². The Bertz CT molecular complexity index is 331. The van der Waals surface area contributed by atoms with Crippen LogP contribution in [0, 0.1) is 11.3 Å². The maximum Gasteiger partial charge on any atom is 0.306 e. The Morgan fingerprint density at radius 3 is 1.46 bits per heavy atom. The van der Waals surface area contributed by atoms with E-state index in [0.717, 1.165) is 0 Å². The molecule has 144 valence electrons. The third kappa shape index (κ3) is 33.1. The summed E-state index contributed by atoms with van der Waals surface area (Å²) in [5.74, 6) is -0.796. The van der Waals surface area contributed by atoms with Gasteiger partial charge in [0.05, 0.1) is 37.2 Å². The number of carboxylic acid groups (broad SMARTS) is 1. The molecule has 0 rings (SSSR count). The molecule has 0 aromatic carbocycles. The van der Waals surface area contributed by atoms with Crippen molar-refractivity contribution in [3.63, 3.8) is 0 Å². The number of aliphatic hydroxyl groups is 3. The van der Waals surface area contributed by atoms with E-state index in [9.17, 15) is 9.59 Å². The van der Waals surface area contributed by atoms with Crippen molar-refractivity contribution in [3.8, 4) is 6.07 Å². The van der Waals surface area contributed by atoms with Crippen LogP contribution in [-0.2, 0) is 9.59 Å². The van der Waals surface area contributed by atoms with E-state index < -0.39 is 24.3 Å². The quantitative estimate of drug-likeness (QED) is 0.415. The van der Waals surface area contributed by atoms with Crippen molar-refractivity contribution in [2.75, 3.05) is 17.6 Å². The second-order valence-corrected chi connectivity index (χ2v) is 5.22. The molecular weight excluding hydrogens is 389 g/mol. The summed E-state index contributed by atoms with van der Waals surface area (Å²) in [6, 6.07) is 1.78. The number of hydrogen-bond donors (Lipinski definition) is 4. The fourth-order valence-electron chi connectivity index (χ4n) is 0.802. The smallest absolute Gasteiger partial charge is 0.306 e. The molecule has 0 saturated carbocycles. The lowest BCUT2D eigenvalue weighted by atomic mass is 10.2. The van der Waals surface area contributed by atoms with Gasteiger partial charge in [-0.3, -0.25) is 9.59 Å². The predicted molar refractivity (Wildman–Crippen MR) is 91.6 cm³/mol. The van der Waals surface area contributed by atoms with Crippen molar-refractivity contribution >= 4 is 46.6 Å². The molecule has 8 nitrogen and oxygen atoms in total. The Morgan fingerprint density at radius 1 is 0.958 bits per heavy atom. The molecular formula is C13H24Cl3NO7. The number of aliphatic hydroxyl groups excluding tert-OH is 3. The van der Waals surface area contributed by atoms with Crippen LogP contribution in [0.25, 0.3) is 0 Å². The molecule has 0 bridgehead atoms. The number of Topliss-reactive ketones (excluding diaryl/α,β-unsaturated/α-hetero) is 1. The Hall–Kier alpha value is -0.660. The lowest BCUT2D eigenvalue weighted by Gasteiger charge is -1.99. The molecule has 0 aromatic heterocycles. The number of hydrogen-bond acceptors (Lipinski definition) is 6. The summed E-state index contributed by atoms with van der Waals surface area (Å²) in [5.41, 5.74) is 0. The molecule has 0 fully saturated rings. The van der Waals surface area contributed by atoms with Crippen molar-refractivity contribution in [1.29, 1.82) is 5.26 Å². The van der Waals surface area contributed by atoms with Crippen LogP contribution in [0.1, 0.15) is 26.2 Å². The van der Waals surface area contributed by atoms with Gasteiger partial charge in [0.1, 0.15) is 5.78 Å². The van der Waals surface area contributed by atoms with E-state index >= 15 is 0 Å². The van der Waals surface area contributed by atoms with Crippen molar-refractivity contribution in [1.82, 2.24) is 0 Å². The van der Waals surface area contributed by atoms with Crippen molar-refractivity contribution in [3.05, 3.63) is 0 Å². The molecule has 0 aliphatic rings. The highest BCUT2D eigenvalue weighted by atomic mass is 35.5. The Balaban J connectivity index is -0.000000123. The fourth-order valence-corrected chi connectivity index (χ4v) is 1.13. The summed E-state index contributed by atoms with van der Waals surface area (Å²) in [6.45, 7) is 1.43. The highest BCUT2D eigenvalue weighted by molar-refractivity contribution is 6.18. The minimum atomic E-state index is -1.03. The van der Waals surface area contributed by atoms with Crippen LogP contribution < -0.4 is 0 Å². The van der Waals surface area contributed by atoms with Crippen LogP contribution in [0.5, 0.6) is 0 Å². The van der Waals surface area contributed by atoms with Gasteiger partial charge in [0.2, 0.25) is 0 Å². The number of carbonyl (C=O) groups is 2. The molecule has 0 heterocycles. The predicted octanol–water partition coefficient (Wildman–Crippen LogP) is 0.301. The molecule has 0 unspecified atom stereocenters. The molecule has 0 aliphatic heterocycles. The number of carbonyl (C=O) groups excluding carboxylic acids is 1. The molecule has 24 heavy (non-hydrogen) atoms. The van der Waals surface area contributed by atoms with Gasteiger partial charge in [-0.1, -0.05) is 0 Å². The van der Waals surface area contributed by atoms with Gasteiger partial charge in [-0.05, 0) is 6.92 Å². The average molecular weight is 413 g/mol. The summed E-state index contributed by atoms with van der Waals surface area (Å²) < 4.78 is 0. The van der Waals surface area contributed by atoms with E-state index in [0.29, 0.717) is 0 Å². The zero-order valence-corrected chi connectivity index (χ0v) is 15.4. The van der Waals surface area contributed by atoms with Crippen LogP contribution in [0.15, 0.2) is 0 Å². The minimum Gasteiger partial charge on any atom is -0.481 e. The zero-order valence-electron chi connectivity index (χ0n) is 13.2. The van der Waals surface area contributed by atoms with E-state index in [1.165, 1.54) is 6.92 Å². The first-order valence-corrected chi connectivity index (χ1v) is 8.05. The lowest BCUT2D eigenvalue weighted by molar-refractivity contribution is -0.138. The topological polar surface area (TPSA) is 170 Å². The fraction of sp³-hybridized carbons (Fsp3) is 0.769. The van der Waals surface area contributed by atoms with E-state index in [4.69, 9.17) is 60.5 Å². The number of alkyl halides is 3. The molecule has 0 aromatic rings. The van der Waals surface area contributed by atoms with E-state index in [2.05, 4.69) is 0 Å². The molecule has 0 amide bonds. The summed E-state index contributed by atoms with van der Waals surface area (Å²) in [7, 11) is 0. The molecule has 11 heteroatoms. The highest BCUT2D eigenvalue weighted by Gasteiger charge is 2.06. The number of halogens is 3. The molecule has 0 spiro atoms. The SMILES string of the molecule is CC(=O)C[C@H](O)CCl.N#CC[C@H](O)CCl.O.O=C(O)C[C@H](O)CCl. The van der Waals surface area contributed by atoms with Crippen LogP contribution in [0.3, 0.4) is 0 Å². The third-order valence-corrected chi connectivity index (χ3v) is 2.86. The summed E-state index contributed by atoms with van der Waals surface area (Å²) in [5, 5.41) is 41.6. The van der Waals surface area contributed by atoms with Crippen molar-refractivity contribution < 1.29 is 35.5 Å². The number of ketones is 1. The van der Waals surface area contributed by atoms with Crippen LogP contribution in [-0.4, -0.2) is 73.6 Å². The van der Waals surface area contributed by atoms with Gasteiger partial charge >= 0.3 is 5.97 Å². The maximum atomic E-state index is 10.2. The Morgan fingerprint density at radius 2 is 1.33 bits per heavy atom. The summed E-state index contributed by atoms with van der Waals surface area (Å²) in [6.07, 6.45) is -2.19. The zero-order chi connectivity index (χ0) is 18.8. The van der Waals surface area contributed by atoms with Crippen molar-refractivity contribution in [2.24, 2.45) is 0 Å². The van der Waals surface area contributed by atoms with Gasteiger partial charge in [-0.25, -0.2) is 0 Å².